The highest BCUT2D eigenvalue weighted by Crippen LogP contribution is 2.31. The zero-order valence-electron chi connectivity index (χ0n) is 13.4. The fourth-order valence-corrected chi connectivity index (χ4v) is 2.97. The van der Waals surface area contributed by atoms with E-state index in [9.17, 15) is 9.59 Å². The van der Waals surface area contributed by atoms with Gasteiger partial charge < -0.3 is 19.3 Å². The number of ether oxygens (including phenoxy) is 2. The minimum atomic E-state index is 0.0751. The zero-order valence-corrected chi connectivity index (χ0v) is 13.4. The summed E-state index contributed by atoms with van der Waals surface area (Å²) in [5.41, 5.74) is 0.923. The second-order valence-corrected chi connectivity index (χ2v) is 5.90. The molecule has 0 N–H and O–H groups in total. The number of hydrogen-bond donors (Lipinski definition) is 0. The molecule has 0 radical (unpaired) electrons. The minimum Gasteiger partial charge on any atom is -0.486 e. The molecule has 0 unspecified atom stereocenters. The van der Waals surface area contributed by atoms with Crippen LogP contribution in [-0.4, -0.2) is 61.0 Å². The zero-order chi connectivity index (χ0) is 16.2. The lowest BCUT2D eigenvalue weighted by Crippen LogP contribution is -2.37. The molecule has 0 aromatic heterocycles. The molecule has 2 amide bonds. The average Bonchev–Trinajstić information content (AvgIpc) is 2.81. The van der Waals surface area contributed by atoms with E-state index in [1.807, 2.05) is 23.1 Å². The Morgan fingerprint density at radius 1 is 1.00 bits per heavy atom. The van der Waals surface area contributed by atoms with Crippen molar-refractivity contribution in [1.82, 2.24) is 9.80 Å². The van der Waals surface area contributed by atoms with Crippen LogP contribution >= 0.6 is 0 Å². The number of amides is 2. The molecule has 2 heterocycles. The molecule has 2 aliphatic heterocycles. The van der Waals surface area contributed by atoms with Gasteiger partial charge >= 0.3 is 0 Å². The molecule has 23 heavy (non-hydrogen) atoms. The van der Waals surface area contributed by atoms with E-state index in [2.05, 4.69) is 0 Å². The first-order valence-electron chi connectivity index (χ1n) is 8.05. The van der Waals surface area contributed by atoms with Gasteiger partial charge in [-0.1, -0.05) is 6.07 Å². The molecule has 6 heteroatoms. The lowest BCUT2D eigenvalue weighted by molar-refractivity contribution is -0.132. The van der Waals surface area contributed by atoms with Crippen molar-refractivity contribution in [3.63, 3.8) is 0 Å². The number of carbonyl (C=O) groups is 2. The maximum Gasteiger partial charge on any atom is 0.227 e. The summed E-state index contributed by atoms with van der Waals surface area (Å²) >= 11 is 0. The van der Waals surface area contributed by atoms with Crippen molar-refractivity contribution in [2.75, 3.05) is 39.4 Å². The summed E-state index contributed by atoms with van der Waals surface area (Å²) < 4.78 is 11.1. The van der Waals surface area contributed by atoms with Gasteiger partial charge in [0.2, 0.25) is 11.8 Å². The third-order valence-corrected chi connectivity index (χ3v) is 4.26. The number of fused-ring (bicyclic) bond motifs is 1. The summed E-state index contributed by atoms with van der Waals surface area (Å²) in [5, 5.41) is 0. The molecule has 0 aliphatic carbocycles. The lowest BCUT2D eigenvalue weighted by Gasteiger charge is -2.22. The summed E-state index contributed by atoms with van der Waals surface area (Å²) in [6.45, 7) is 5.32. The maximum absolute atomic E-state index is 12.5. The Kier molecular flexibility index (Phi) is 4.69. The van der Waals surface area contributed by atoms with Crippen LogP contribution in [0.2, 0.25) is 0 Å². The molecule has 2 aliphatic rings. The van der Waals surface area contributed by atoms with E-state index in [-0.39, 0.29) is 11.8 Å². The SMILES string of the molecule is CC(=O)N1CCCN(C(=O)Cc2ccc3c(c2)OCCO3)CC1. The Labute approximate surface area is 136 Å². The summed E-state index contributed by atoms with van der Waals surface area (Å²) in [7, 11) is 0. The summed E-state index contributed by atoms with van der Waals surface area (Å²) in [4.78, 5) is 27.6. The van der Waals surface area contributed by atoms with Gasteiger partial charge in [0.15, 0.2) is 11.5 Å². The first-order valence-corrected chi connectivity index (χ1v) is 8.05. The van der Waals surface area contributed by atoms with Crippen molar-refractivity contribution in [2.24, 2.45) is 0 Å². The molecule has 0 bridgehead atoms. The lowest BCUT2D eigenvalue weighted by atomic mass is 10.1. The predicted octanol–water partition coefficient (Wildman–Crippen LogP) is 1.08. The molecule has 3 rings (SSSR count). The van der Waals surface area contributed by atoms with Gasteiger partial charge in [-0.15, -0.1) is 0 Å². The largest absolute Gasteiger partial charge is 0.486 e. The third kappa shape index (κ3) is 3.75. The molecule has 0 spiro atoms. The van der Waals surface area contributed by atoms with E-state index in [0.29, 0.717) is 45.0 Å². The van der Waals surface area contributed by atoms with Gasteiger partial charge in [-0.2, -0.15) is 0 Å². The standard InChI is InChI=1S/C17H22N2O4/c1-13(20)18-5-2-6-19(8-7-18)17(21)12-14-3-4-15-16(11-14)23-10-9-22-15/h3-4,11H,2,5-10,12H2,1H3. The number of hydrogen-bond acceptors (Lipinski definition) is 4. The first-order chi connectivity index (χ1) is 11.1. The van der Waals surface area contributed by atoms with Gasteiger partial charge in [0.25, 0.3) is 0 Å². The molecule has 0 atom stereocenters. The first kappa shape index (κ1) is 15.6. The van der Waals surface area contributed by atoms with Gasteiger partial charge in [-0.25, -0.2) is 0 Å². The Morgan fingerprint density at radius 3 is 2.48 bits per heavy atom. The Balaban J connectivity index is 1.61. The number of carbonyl (C=O) groups excluding carboxylic acids is 2. The fraction of sp³-hybridized carbons (Fsp3) is 0.529. The molecular formula is C17H22N2O4. The average molecular weight is 318 g/mol. The quantitative estimate of drug-likeness (QED) is 0.819. The molecule has 124 valence electrons. The highest BCUT2D eigenvalue weighted by molar-refractivity contribution is 5.79. The van der Waals surface area contributed by atoms with Crippen LogP contribution in [0.1, 0.15) is 18.9 Å². The van der Waals surface area contributed by atoms with E-state index in [1.165, 1.54) is 0 Å². The van der Waals surface area contributed by atoms with Crippen LogP contribution in [0.5, 0.6) is 11.5 Å². The van der Waals surface area contributed by atoms with Crippen molar-refractivity contribution < 1.29 is 19.1 Å². The van der Waals surface area contributed by atoms with Gasteiger partial charge in [-0.05, 0) is 24.1 Å². The topological polar surface area (TPSA) is 59.1 Å². The highest BCUT2D eigenvalue weighted by atomic mass is 16.6. The molecule has 1 aromatic rings. The van der Waals surface area contributed by atoms with Gasteiger partial charge in [0.1, 0.15) is 13.2 Å². The van der Waals surface area contributed by atoms with Crippen molar-refractivity contribution in [3.8, 4) is 11.5 Å². The molecule has 6 nitrogen and oxygen atoms in total. The van der Waals surface area contributed by atoms with Crippen molar-refractivity contribution >= 4 is 11.8 Å². The van der Waals surface area contributed by atoms with Crippen LogP contribution in [0.4, 0.5) is 0 Å². The minimum absolute atomic E-state index is 0.0751. The monoisotopic (exact) mass is 318 g/mol. The van der Waals surface area contributed by atoms with Crippen LogP contribution in [0, 0.1) is 0 Å². The van der Waals surface area contributed by atoms with Crippen molar-refractivity contribution in [2.45, 2.75) is 19.8 Å². The second kappa shape index (κ2) is 6.89. The van der Waals surface area contributed by atoms with Crippen molar-refractivity contribution in [3.05, 3.63) is 23.8 Å². The molecule has 1 saturated heterocycles. The van der Waals surface area contributed by atoms with E-state index in [4.69, 9.17) is 9.47 Å². The van der Waals surface area contributed by atoms with E-state index in [0.717, 1.165) is 24.3 Å². The summed E-state index contributed by atoms with van der Waals surface area (Å²) in [6.07, 6.45) is 1.17. The molecular weight excluding hydrogens is 296 g/mol. The van der Waals surface area contributed by atoms with Crippen molar-refractivity contribution in [1.29, 1.82) is 0 Å². The van der Waals surface area contributed by atoms with Crippen LogP contribution in [0.3, 0.4) is 0 Å². The van der Waals surface area contributed by atoms with Gasteiger partial charge in [0.05, 0.1) is 6.42 Å². The Bertz CT molecular complexity index is 602. The van der Waals surface area contributed by atoms with Crippen LogP contribution in [-0.2, 0) is 16.0 Å². The summed E-state index contributed by atoms with van der Waals surface area (Å²) in [5.74, 6) is 1.61. The second-order valence-electron chi connectivity index (χ2n) is 5.90. The van der Waals surface area contributed by atoms with Gasteiger partial charge in [-0.3, -0.25) is 9.59 Å². The van der Waals surface area contributed by atoms with E-state index < -0.39 is 0 Å². The normalized spacial score (nSPS) is 17.6. The van der Waals surface area contributed by atoms with Crippen LogP contribution in [0.25, 0.3) is 0 Å². The van der Waals surface area contributed by atoms with E-state index >= 15 is 0 Å². The Morgan fingerprint density at radius 2 is 1.70 bits per heavy atom. The number of rotatable bonds is 2. The molecule has 1 aromatic carbocycles. The highest BCUT2D eigenvalue weighted by Gasteiger charge is 2.21. The fourth-order valence-electron chi connectivity index (χ4n) is 2.97. The van der Waals surface area contributed by atoms with Gasteiger partial charge in [0, 0.05) is 33.1 Å². The van der Waals surface area contributed by atoms with Crippen LogP contribution in [0.15, 0.2) is 18.2 Å². The van der Waals surface area contributed by atoms with Crippen LogP contribution < -0.4 is 9.47 Å². The van der Waals surface area contributed by atoms with E-state index in [1.54, 1.807) is 11.8 Å². The summed E-state index contributed by atoms with van der Waals surface area (Å²) in [6, 6.07) is 5.65. The third-order valence-electron chi connectivity index (χ3n) is 4.26. The maximum atomic E-state index is 12.5. The Hall–Kier alpha value is -2.24. The number of benzene rings is 1. The number of nitrogens with zero attached hydrogens (tertiary/aromatic N) is 2. The smallest absolute Gasteiger partial charge is 0.227 e. The molecule has 1 fully saturated rings. The molecule has 0 saturated carbocycles. The predicted molar refractivity (Wildman–Crippen MR) is 84.6 cm³/mol.